The molecule has 2 aromatic carbocycles. The summed E-state index contributed by atoms with van der Waals surface area (Å²) in [5, 5.41) is 4.61. The molecule has 3 nitrogen and oxygen atoms in total. The van der Waals surface area contributed by atoms with Crippen LogP contribution in [0.2, 0.25) is 0 Å². The summed E-state index contributed by atoms with van der Waals surface area (Å²) in [5.41, 5.74) is -2.49. The number of anilines is 2. The van der Waals surface area contributed by atoms with Crippen LogP contribution in [-0.4, -0.2) is 12.5 Å². The summed E-state index contributed by atoms with van der Waals surface area (Å²) in [5.74, 6) is -0.751. The third kappa shape index (κ3) is 5.14. The molecular weight excluding hydrogens is 362 g/mol. The van der Waals surface area contributed by atoms with Crippen molar-refractivity contribution in [1.29, 1.82) is 0 Å². The Morgan fingerprint density at radius 3 is 1.77 bits per heavy atom. The highest BCUT2D eigenvalue weighted by molar-refractivity contribution is 5.91. The summed E-state index contributed by atoms with van der Waals surface area (Å²) < 4.78 is 77.1. The van der Waals surface area contributed by atoms with Gasteiger partial charge in [0.1, 0.15) is 0 Å². The number of rotatable bonds is 5. The van der Waals surface area contributed by atoms with Gasteiger partial charge < -0.3 is 10.6 Å². The Morgan fingerprint density at radius 1 is 0.769 bits per heavy atom. The van der Waals surface area contributed by atoms with E-state index in [1.165, 1.54) is 30.3 Å². The van der Waals surface area contributed by atoms with E-state index in [1.54, 1.807) is 0 Å². The molecule has 0 aliphatic heterocycles. The van der Waals surface area contributed by atoms with Crippen molar-refractivity contribution < 1.29 is 31.1 Å². The normalized spacial score (nSPS) is 11.9. The first kappa shape index (κ1) is 19.6. The van der Waals surface area contributed by atoms with Crippen molar-refractivity contribution >= 4 is 17.3 Å². The monoisotopic (exact) mass is 376 g/mol. The zero-order chi connectivity index (χ0) is 19.4. The van der Waals surface area contributed by atoms with Gasteiger partial charge in [0.2, 0.25) is 5.91 Å². The standard InChI is InChI=1S/C17H14F6N2O/c18-16(19,20)11-5-1-3-7-13(11)24-10-9-15(26)25-14-8-4-2-6-12(14)17(21,22)23/h1-8,24H,9-10H2,(H,25,26). The summed E-state index contributed by atoms with van der Waals surface area (Å²) in [6.07, 6.45) is -9.50. The molecule has 2 N–H and O–H groups in total. The van der Waals surface area contributed by atoms with Gasteiger partial charge >= 0.3 is 12.4 Å². The molecule has 0 saturated carbocycles. The maximum atomic E-state index is 12.9. The van der Waals surface area contributed by atoms with Crippen LogP contribution in [0.5, 0.6) is 0 Å². The molecule has 0 atom stereocenters. The maximum absolute atomic E-state index is 12.9. The molecule has 140 valence electrons. The number of carbonyl (C=O) groups is 1. The third-order valence-electron chi connectivity index (χ3n) is 3.41. The van der Waals surface area contributed by atoms with E-state index in [0.29, 0.717) is 0 Å². The van der Waals surface area contributed by atoms with Crippen LogP contribution in [0.25, 0.3) is 0 Å². The number of carbonyl (C=O) groups excluding carboxylic acids is 1. The number of benzene rings is 2. The van der Waals surface area contributed by atoms with E-state index in [1.807, 2.05) is 0 Å². The number of halogens is 6. The lowest BCUT2D eigenvalue weighted by atomic mass is 10.1. The Balaban J connectivity index is 1.98. The van der Waals surface area contributed by atoms with Crippen LogP contribution < -0.4 is 10.6 Å². The molecule has 26 heavy (non-hydrogen) atoms. The fraction of sp³-hybridized carbons (Fsp3) is 0.235. The lowest BCUT2D eigenvalue weighted by Gasteiger charge is -2.15. The van der Waals surface area contributed by atoms with Gasteiger partial charge in [-0.2, -0.15) is 26.3 Å². The molecule has 0 aliphatic rings. The number of para-hydroxylation sites is 2. The topological polar surface area (TPSA) is 41.1 Å². The molecule has 0 heterocycles. The highest BCUT2D eigenvalue weighted by Crippen LogP contribution is 2.35. The number of amides is 1. The van der Waals surface area contributed by atoms with E-state index >= 15 is 0 Å². The van der Waals surface area contributed by atoms with Crippen molar-refractivity contribution in [1.82, 2.24) is 0 Å². The van der Waals surface area contributed by atoms with Crippen molar-refractivity contribution in [2.24, 2.45) is 0 Å². The zero-order valence-corrected chi connectivity index (χ0v) is 13.2. The highest BCUT2D eigenvalue weighted by atomic mass is 19.4. The number of nitrogens with one attached hydrogen (secondary N) is 2. The lowest BCUT2D eigenvalue weighted by molar-refractivity contribution is -0.137. The fourth-order valence-corrected chi connectivity index (χ4v) is 2.25. The second-order valence-corrected chi connectivity index (χ2v) is 5.31. The Morgan fingerprint density at radius 2 is 1.23 bits per heavy atom. The van der Waals surface area contributed by atoms with Gasteiger partial charge in [-0.3, -0.25) is 4.79 Å². The van der Waals surface area contributed by atoms with Gasteiger partial charge in [0.15, 0.2) is 0 Å². The Hall–Kier alpha value is -2.71. The highest BCUT2D eigenvalue weighted by Gasteiger charge is 2.34. The SMILES string of the molecule is O=C(CCNc1ccccc1C(F)(F)F)Nc1ccccc1C(F)(F)F. The molecule has 0 fully saturated rings. The van der Waals surface area contributed by atoms with Crippen molar-refractivity contribution in [3.05, 3.63) is 59.7 Å². The van der Waals surface area contributed by atoms with Crippen LogP contribution in [0.4, 0.5) is 37.7 Å². The average Bonchev–Trinajstić information content (AvgIpc) is 2.54. The van der Waals surface area contributed by atoms with Crippen molar-refractivity contribution in [3.63, 3.8) is 0 Å². The fourth-order valence-electron chi connectivity index (χ4n) is 2.25. The predicted octanol–water partition coefficient (Wildman–Crippen LogP) is 5.16. The molecule has 2 aromatic rings. The van der Waals surface area contributed by atoms with Crippen LogP contribution in [0.1, 0.15) is 17.5 Å². The first-order chi connectivity index (χ1) is 12.1. The first-order valence-electron chi connectivity index (χ1n) is 7.45. The minimum absolute atomic E-state index is 0.174. The van der Waals surface area contributed by atoms with E-state index < -0.39 is 35.1 Å². The number of hydrogen-bond donors (Lipinski definition) is 2. The molecular formula is C17H14F6N2O. The summed E-state index contributed by atoms with van der Waals surface area (Å²) in [7, 11) is 0. The molecule has 9 heteroatoms. The summed E-state index contributed by atoms with van der Waals surface area (Å²) in [4.78, 5) is 11.8. The summed E-state index contributed by atoms with van der Waals surface area (Å²) in [6.45, 7) is -0.174. The zero-order valence-electron chi connectivity index (χ0n) is 13.2. The second kappa shape index (κ2) is 7.67. The van der Waals surface area contributed by atoms with Gasteiger partial charge in [-0.1, -0.05) is 24.3 Å². The number of alkyl halides is 6. The van der Waals surface area contributed by atoms with Crippen LogP contribution >= 0.6 is 0 Å². The summed E-state index contributed by atoms with van der Waals surface area (Å²) >= 11 is 0. The molecule has 0 radical (unpaired) electrons. The van der Waals surface area contributed by atoms with E-state index in [2.05, 4.69) is 10.6 Å². The van der Waals surface area contributed by atoms with E-state index in [-0.39, 0.29) is 18.7 Å². The van der Waals surface area contributed by atoms with Gasteiger partial charge in [0.05, 0.1) is 16.8 Å². The molecule has 0 aliphatic carbocycles. The molecule has 0 unspecified atom stereocenters. The molecule has 0 bridgehead atoms. The van der Waals surface area contributed by atoms with E-state index in [9.17, 15) is 31.1 Å². The van der Waals surface area contributed by atoms with E-state index in [4.69, 9.17) is 0 Å². The van der Waals surface area contributed by atoms with Gasteiger partial charge in [-0.25, -0.2) is 0 Å². The second-order valence-electron chi connectivity index (χ2n) is 5.31. The van der Waals surface area contributed by atoms with Gasteiger partial charge in [-0.15, -0.1) is 0 Å². The summed E-state index contributed by atoms with van der Waals surface area (Å²) in [6, 6.07) is 9.19. The van der Waals surface area contributed by atoms with E-state index in [0.717, 1.165) is 18.2 Å². The molecule has 1 amide bonds. The first-order valence-corrected chi connectivity index (χ1v) is 7.45. The van der Waals surface area contributed by atoms with Crippen molar-refractivity contribution in [2.75, 3.05) is 17.2 Å². The third-order valence-corrected chi connectivity index (χ3v) is 3.41. The Kier molecular flexibility index (Phi) is 5.79. The minimum atomic E-state index is -4.63. The maximum Gasteiger partial charge on any atom is 0.418 e. The lowest BCUT2D eigenvalue weighted by Crippen LogP contribution is -2.20. The Bertz CT molecular complexity index is 770. The molecule has 0 saturated heterocycles. The van der Waals surface area contributed by atoms with Crippen LogP contribution in [-0.2, 0) is 17.1 Å². The molecule has 0 spiro atoms. The predicted molar refractivity (Wildman–Crippen MR) is 84.6 cm³/mol. The largest absolute Gasteiger partial charge is 0.418 e. The molecule has 2 rings (SSSR count). The minimum Gasteiger partial charge on any atom is -0.384 e. The van der Waals surface area contributed by atoms with Gasteiger partial charge in [0, 0.05) is 18.7 Å². The van der Waals surface area contributed by atoms with Gasteiger partial charge in [-0.05, 0) is 24.3 Å². The average molecular weight is 376 g/mol. The quantitative estimate of drug-likeness (QED) is 0.708. The Labute approximate surface area is 145 Å². The smallest absolute Gasteiger partial charge is 0.384 e. The van der Waals surface area contributed by atoms with Crippen LogP contribution in [0.15, 0.2) is 48.5 Å². The number of hydrogen-bond acceptors (Lipinski definition) is 2. The van der Waals surface area contributed by atoms with Crippen LogP contribution in [0.3, 0.4) is 0 Å². The van der Waals surface area contributed by atoms with Crippen molar-refractivity contribution in [2.45, 2.75) is 18.8 Å². The van der Waals surface area contributed by atoms with Gasteiger partial charge in [0.25, 0.3) is 0 Å². The van der Waals surface area contributed by atoms with Crippen molar-refractivity contribution in [3.8, 4) is 0 Å². The van der Waals surface area contributed by atoms with Crippen LogP contribution in [0, 0.1) is 0 Å². The molecule has 0 aromatic heterocycles.